The Bertz CT molecular complexity index is 547. The number of nitrogens with zero attached hydrogens (tertiary/aromatic N) is 1. The number of amides is 2. The van der Waals surface area contributed by atoms with Crippen molar-refractivity contribution in [1.82, 2.24) is 4.90 Å². The minimum Gasteiger partial charge on any atom is -0.497 e. The van der Waals surface area contributed by atoms with Gasteiger partial charge >= 0.3 is 0 Å². The summed E-state index contributed by atoms with van der Waals surface area (Å²) in [5, 5.41) is 2.75. The van der Waals surface area contributed by atoms with Crippen LogP contribution in [0.5, 0.6) is 5.75 Å². The molecular weight excluding hydrogens is 306 g/mol. The molecule has 0 bridgehead atoms. The number of anilines is 1. The van der Waals surface area contributed by atoms with Crippen molar-refractivity contribution < 1.29 is 14.3 Å². The molecule has 0 aromatic heterocycles. The van der Waals surface area contributed by atoms with Gasteiger partial charge in [0.25, 0.3) is 0 Å². The van der Waals surface area contributed by atoms with E-state index < -0.39 is 5.54 Å². The van der Waals surface area contributed by atoms with Gasteiger partial charge in [-0.3, -0.25) is 9.59 Å². The van der Waals surface area contributed by atoms with Gasteiger partial charge in [0.2, 0.25) is 11.8 Å². The minimum atomic E-state index is -0.744. The number of nitrogens with one attached hydrogen (secondary N) is 1. The van der Waals surface area contributed by atoms with Gasteiger partial charge < -0.3 is 20.7 Å². The van der Waals surface area contributed by atoms with Crippen molar-refractivity contribution in [2.75, 3.05) is 25.5 Å². The lowest BCUT2D eigenvalue weighted by molar-refractivity contribution is -0.136. The monoisotopic (exact) mass is 327 g/mol. The SMILES string of the molecule is CCN(CC(=O)Nc1cccc(OC)c1)C(=O)C1(N)CC1.Cl. The number of rotatable bonds is 6. The summed E-state index contributed by atoms with van der Waals surface area (Å²) in [6.07, 6.45) is 1.39. The summed E-state index contributed by atoms with van der Waals surface area (Å²) in [6, 6.07) is 7.07. The molecule has 0 heterocycles. The van der Waals surface area contributed by atoms with E-state index in [1.54, 1.807) is 31.4 Å². The summed E-state index contributed by atoms with van der Waals surface area (Å²) in [4.78, 5) is 25.7. The first-order valence-electron chi connectivity index (χ1n) is 7.00. The van der Waals surface area contributed by atoms with Crippen molar-refractivity contribution in [1.29, 1.82) is 0 Å². The largest absolute Gasteiger partial charge is 0.497 e. The first-order valence-corrected chi connectivity index (χ1v) is 7.00. The van der Waals surface area contributed by atoms with Crippen molar-refractivity contribution in [2.45, 2.75) is 25.3 Å². The van der Waals surface area contributed by atoms with Gasteiger partial charge in [-0.15, -0.1) is 12.4 Å². The van der Waals surface area contributed by atoms with Crippen LogP contribution in [0, 0.1) is 0 Å². The Balaban J connectivity index is 0.00000242. The van der Waals surface area contributed by atoms with Gasteiger partial charge in [-0.1, -0.05) is 6.07 Å². The van der Waals surface area contributed by atoms with Gasteiger partial charge in [0.1, 0.15) is 5.75 Å². The molecule has 22 heavy (non-hydrogen) atoms. The van der Waals surface area contributed by atoms with Crippen molar-refractivity contribution in [3.05, 3.63) is 24.3 Å². The molecule has 3 N–H and O–H groups in total. The number of methoxy groups -OCH3 is 1. The molecule has 0 spiro atoms. The Morgan fingerprint density at radius 2 is 2.09 bits per heavy atom. The van der Waals surface area contributed by atoms with Crippen LogP contribution in [0.25, 0.3) is 0 Å². The third-order valence-corrected chi connectivity index (χ3v) is 3.57. The number of ether oxygens (including phenoxy) is 1. The number of benzene rings is 1. The third kappa shape index (κ3) is 4.35. The molecule has 7 heteroatoms. The Morgan fingerprint density at radius 3 is 2.64 bits per heavy atom. The normalized spacial score (nSPS) is 14.5. The van der Waals surface area contributed by atoms with E-state index in [1.807, 2.05) is 6.92 Å². The molecule has 1 aliphatic rings. The highest BCUT2D eigenvalue weighted by Crippen LogP contribution is 2.34. The highest BCUT2D eigenvalue weighted by molar-refractivity contribution is 5.97. The van der Waals surface area contributed by atoms with Gasteiger partial charge in [0, 0.05) is 18.3 Å². The molecular formula is C15H22ClN3O3. The first kappa shape index (κ1) is 18.3. The number of nitrogens with two attached hydrogens (primary N) is 1. The highest BCUT2D eigenvalue weighted by Gasteiger charge is 2.48. The van der Waals surface area contributed by atoms with E-state index in [9.17, 15) is 9.59 Å². The van der Waals surface area contributed by atoms with Crippen LogP contribution in [0.3, 0.4) is 0 Å². The quantitative estimate of drug-likeness (QED) is 0.827. The summed E-state index contributed by atoms with van der Waals surface area (Å²) in [6.45, 7) is 2.30. The number of hydrogen-bond acceptors (Lipinski definition) is 4. The summed E-state index contributed by atoms with van der Waals surface area (Å²) < 4.78 is 5.10. The molecule has 1 fully saturated rings. The van der Waals surface area contributed by atoms with E-state index in [-0.39, 0.29) is 30.8 Å². The lowest BCUT2D eigenvalue weighted by Gasteiger charge is -2.23. The Kier molecular flexibility index (Phi) is 6.20. The number of halogens is 1. The van der Waals surface area contributed by atoms with Crippen molar-refractivity contribution in [2.24, 2.45) is 5.73 Å². The van der Waals surface area contributed by atoms with Gasteiger partial charge in [-0.05, 0) is 31.9 Å². The number of hydrogen-bond donors (Lipinski definition) is 2. The van der Waals surface area contributed by atoms with Crippen molar-refractivity contribution in [3.63, 3.8) is 0 Å². The molecule has 122 valence electrons. The fourth-order valence-electron chi connectivity index (χ4n) is 2.07. The van der Waals surface area contributed by atoms with E-state index >= 15 is 0 Å². The lowest BCUT2D eigenvalue weighted by Crippen LogP contribution is -2.48. The van der Waals surface area contributed by atoms with Crippen LogP contribution in [0.2, 0.25) is 0 Å². The van der Waals surface area contributed by atoms with Crippen LogP contribution in [0.15, 0.2) is 24.3 Å². The molecule has 2 rings (SSSR count). The average Bonchev–Trinajstić information content (AvgIpc) is 3.23. The third-order valence-electron chi connectivity index (χ3n) is 3.57. The number of likely N-dealkylation sites (N-methyl/N-ethyl adjacent to an activating group) is 1. The molecule has 0 aliphatic heterocycles. The summed E-state index contributed by atoms with van der Waals surface area (Å²) in [7, 11) is 1.56. The molecule has 0 unspecified atom stereocenters. The molecule has 1 aliphatic carbocycles. The Labute approximate surface area is 136 Å². The number of carbonyl (C=O) groups excluding carboxylic acids is 2. The van der Waals surface area contributed by atoms with Crippen LogP contribution >= 0.6 is 12.4 Å². The first-order chi connectivity index (χ1) is 9.98. The second kappa shape index (κ2) is 7.47. The number of carbonyl (C=O) groups is 2. The van der Waals surface area contributed by atoms with Gasteiger partial charge in [0.05, 0.1) is 19.2 Å². The van der Waals surface area contributed by atoms with E-state index in [1.165, 1.54) is 4.90 Å². The zero-order chi connectivity index (χ0) is 15.5. The zero-order valence-electron chi connectivity index (χ0n) is 12.8. The standard InChI is InChI=1S/C15H21N3O3.ClH/c1-3-18(14(20)15(16)7-8-15)10-13(19)17-11-5-4-6-12(9-11)21-2;/h4-6,9H,3,7-8,10,16H2,1-2H3,(H,17,19);1H. The molecule has 6 nitrogen and oxygen atoms in total. The predicted molar refractivity (Wildman–Crippen MR) is 87.3 cm³/mol. The molecule has 1 aromatic carbocycles. The minimum absolute atomic E-state index is 0. The topological polar surface area (TPSA) is 84.7 Å². The van der Waals surface area contributed by atoms with Gasteiger partial charge in [-0.2, -0.15) is 0 Å². The van der Waals surface area contributed by atoms with Crippen molar-refractivity contribution in [3.8, 4) is 5.75 Å². The molecule has 0 radical (unpaired) electrons. The van der Waals surface area contributed by atoms with E-state index in [4.69, 9.17) is 10.5 Å². The van der Waals surface area contributed by atoms with Gasteiger partial charge in [-0.25, -0.2) is 0 Å². The average molecular weight is 328 g/mol. The maximum absolute atomic E-state index is 12.1. The van der Waals surface area contributed by atoms with Crippen LogP contribution in [0.1, 0.15) is 19.8 Å². The lowest BCUT2D eigenvalue weighted by atomic mass is 10.2. The van der Waals surface area contributed by atoms with Crippen LogP contribution in [-0.2, 0) is 9.59 Å². The second-order valence-electron chi connectivity index (χ2n) is 5.26. The van der Waals surface area contributed by atoms with Crippen LogP contribution < -0.4 is 15.8 Å². The summed E-state index contributed by atoms with van der Waals surface area (Å²) in [5.74, 6) is 0.267. The molecule has 1 saturated carbocycles. The maximum Gasteiger partial charge on any atom is 0.243 e. The van der Waals surface area contributed by atoms with E-state index in [0.717, 1.165) is 0 Å². The Morgan fingerprint density at radius 1 is 1.41 bits per heavy atom. The van der Waals surface area contributed by atoms with Crippen LogP contribution in [0.4, 0.5) is 5.69 Å². The fourth-order valence-corrected chi connectivity index (χ4v) is 2.07. The smallest absolute Gasteiger partial charge is 0.243 e. The summed E-state index contributed by atoms with van der Waals surface area (Å²) >= 11 is 0. The van der Waals surface area contributed by atoms with E-state index in [0.29, 0.717) is 30.8 Å². The predicted octanol–water partition coefficient (Wildman–Crippen LogP) is 1.40. The molecule has 0 saturated heterocycles. The Hall–Kier alpha value is -1.79. The highest BCUT2D eigenvalue weighted by atomic mass is 35.5. The molecule has 0 atom stereocenters. The van der Waals surface area contributed by atoms with Crippen molar-refractivity contribution >= 4 is 29.9 Å². The molecule has 2 amide bonds. The fraction of sp³-hybridized carbons (Fsp3) is 0.467. The van der Waals surface area contributed by atoms with Crippen LogP contribution in [-0.4, -0.2) is 42.5 Å². The summed E-state index contributed by atoms with van der Waals surface area (Å²) in [5.41, 5.74) is 5.79. The maximum atomic E-state index is 12.1. The zero-order valence-corrected chi connectivity index (χ0v) is 13.6. The molecule has 1 aromatic rings. The van der Waals surface area contributed by atoms with E-state index in [2.05, 4.69) is 5.32 Å². The second-order valence-corrected chi connectivity index (χ2v) is 5.26. The van der Waals surface area contributed by atoms with Gasteiger partial charge in [0.15, 0.2) is 0 Å².